The Kier molecular flexibility index (Phi) is 9.01. The largest absolute Gasteiger partial charge is 3.00 e. The molecule has 4 heterocycles. The molecular weight excluding hydrogens is 809 g/mol. The van der Waals surface area contributed by atoms with Gasteiger partial charge in [0.15, 0.2) is 0 Å². The van der Waals surface area contributed by atoms with Crippen LogP contribution in [0.5, 0.6) is 0 Å². The number of thiophene rings is 1. The predicted octanol–water partition coefficient (Wildman–Crippen LogP) is 11.8. The smallest absolute Gasteiger partial charge is 0.504 e. The van der Waals surface area contributed by atoms with Gasteiger partial charge in [-0.25, -0.2) is 0 Å². The Morgan fingerprint density at radius 2 is 1.52 bits per heavy atom. The first-order chi connectivity index (χ1) is 23.7. The molecule has 252 valence electrons. The van der Waals surface area contributed by atoms with Crippen LogP contribution in [-0.2, 0) is 25.5 Å². The summed E-state index contributed by atoms with van der Waals surface area (Å²) in [6.45, 7) is 15.9. The zero-order valence-electron chi connectivity index (χ0n) is 29.6. The van der Waals surface area contributed by atoms with Gasteiger partial charge in [-0.1, -0.05) is 106 Å². The molecule has 9 rings (SSSR count). The molecule has 0 amide bonds. The Morgan fingerprint density at radius 3 is 2.24 bits per heavy atom. The first-order valence-corrected chi connectivity index (χ1v) is 18.0. The van der Waals surface area contributed by atoms with Crippen LogP contribution in [0.15, 0.2) is 103 Å². The second kappa shape index (κ2) is 13.2. The van der Waals surface area contributed by atoms with Crippen molar-refractivity contribution in [2.75, 3.05) is 16.8 Å². The number of para-hydroxylation sites is 2. The van der Waals surface area contributed by atoms with E-state index in [0.717, 1.165) is 11.4 Å². The summed E-state index contributed by atoms with van der Waals surface area (Å²) < 4.78 is 4.96. The van der Waals surface area contributed by atoms with Gasteiger partial charge in [-0.2, -0.15) is 30.1 Å². The van der Waals surface area contributed by atoms with Gasteiger partial charge in [0, 0.05) is 34.2 Å². The van der Waals surface area contributed by atoms with Gasteiger partial charge >= 0.3 is 20.1 Å². The van der Waals surface area contributed by atoms with Crippen molar-refractivity contribution >= 4 is 48.6 Å². The minimum absolute atomic E-state index is 0. The summed E-state index contributed by atoms with van der Waals surface area (Å²) in [5.74, 6) is 1.86. The second-order valence-corrected chi connectivity index (χ2v) is 15.3. The molecule has 0 saturated carbocycles. The van der Waals surface area contributed by atoms with E-state index in [1.807, 2.05) is 35.7 Å². The number of nitrogens with zero attached hydrogens (tertiary/aromatic N) is 4. The molecule has 50 heavy (non-hydrogen) atoms. The summed E-state index contributed by atoms with van der Waals surface area (Å²) >= 11 is 1.91. The topological polar surface area (TPSA) is 24.3 Å². The zero-order chi connectivity index (χ0) is 34.0. The normalized spacial score (nSPS) is 14.1. The van der Waals surface area contributed by atoms with E-state index in [0.29, 0.717) is 11.8 Å². The van der Waals surface area contributed by atoms with E-state index in [4.69, 9.17) is 0 Å². The van der Waals surface area contributed by atoms with Crippen molar-refractivity contribution in [1.82, 2.24) is 9.55 Å². The Balaban J connectivity index is 0.000000155. The average Bonchev–Trinajstić information content (AvgIpc) is 3.83. The molecule has 4 nitrogen and oxygen atoms in total. The number of hydrogen-bond donors (Lipinski definition) is 0. The van der Waals surface area contributed by atoms with Gasteiger partial charge < -0.3 is 14.4 Å². The number of anilines is 3. The van der Waals surface area contributed by atoms with E-state index in [1.165, 1.54) is 65.2 Å². The first kappa shape index (κ1) is 34.2. The third-order valence-corrected chi connectivity index (χ3v) is 11.3. The van der Waals surface area contributed by atoms with Crippen LogP contribution >= 0.6 is 11.3 Å². The third kappa shape index (κ3) is 5.40. The quantitative estimate of drug-likeness (QED) is 0.165. The van der Waals surface area contributed by atoms with Gasteiger partial charge in [0.05, 0.1) is 5.82 Å². The van der Waals surface area contributed by atoms with Gasteiger partial charge in [-0.15, -0.1) is 46.8 Å². The molecule has 0 fully saturated rings. The molecule has 7 aromatic rings. The van der Waals surface area contributed by atoms with Gasteiger partial charge in [0.25, 0.3) is 0 Å². The molecule has 0 radical (unpaired) electrons. The van der Waals surface area contributed by atoms with Crippen molar-refractivity contribution in [3.05, 3.63) is 144 Å². The van der Waals surface area contributed by atoms with E-state index in [-0.39, 0.29) is 25.5 Å². The van der Waals surface area contributed by atoms with Crippen LogP contribution in [0, 0.1) is 18.8 Å². The fourth-order valence-electron chi connectivity index (χ4n) is 7.66. The second-order valence-electron chi connectivity index (χ2n) is 14.2. The number of imidazole rings is 1. The predicted molar refractivity (Wildman–Crippen MR) is 208 cm³/mol. The molecular formula is C44H41IrN4S. The number of rotatable bonds is 4. The van der Waals surface area contributed by atoms with Crippen LogP contribution in [-0.4, -0.2) is 16.6 Å². The maximum Gasteiger partial charge on any atom is 3.00 e. The van der Waals surface area contributed by atoms with Gasteiger partial charge in [-0.05, 0) is 53.1 Å². The van der Waals surface area contributed by atoms with Crippen molar-refractivity contribution in [3.63, 3.8) is 0 Å². The minimum atomic E-state index is -0.0624. The molecule has 0 saturated heterocycles. The minimum Gasteiger partial charge on any atom is -0.504 e. The Hall–Kier alpha value is -4.22. The van der Waals surface area contributed by atoms with Gasteiger partial charge in [0.1, 0.15) is 0 Å². The SMILES string of the molecule is CC(C)c1cccc(C(C)C)c1-n1ccnc1-c1[c-]cccc1.CN1[CH-]N2c3[c-]cc4c(sc5ccccc54)c3C(C)(C)c3cccc1c32.[Ir+3]. The van der Waals surface area contributed by atoms with Crippen LogP contribution in [0.25, 0.3) is 37.2 Å². The molecule has 0 unspecified atom stereocenters. The molecule has 5 aromatic carbocycles. The van der Waals surface area contributed by atoms with Crippen LogP contribution < -0.4 is 9.80 Å². The molecule has 2 aromatic heterocycles. The molecule has 6 heteroatoms. The first-order valence-electron chi connectivity index (χ1n) is 17.2. The summed E-state index contributed by atoms with van der Waals surface area (Å²) in [5, 5.41) is 2.66. The molecule has 0 spiro atoms. The molecule has 2 aliphatic heterocycles. The van der Waals surface area contributed by atoms with Crippen LogP contribution in [0.1, 0.15) is 75.6 Å². The van der Waals surface area contributed by atoms with Crippen LogP contribution in [0.2, 0.25) is 0 Å². The standard InChI is InChI=1S/C23H18N2S.C21H23N2.Ir/c1-23(2)16-8-6-9-18-21(16)25(13-24(18)3)17-12-11-15-14-7-4-5-10-19(14)26-22(15)20(17)23;1-15(2)18-11-8-12-19(16(3)4)20(18)23-14-13-22-21(23)17-9-6-5-7-10-17;/h4-11,13H,1-3H3;5-9,11-16H,1-4H3;/q-2;-1;+3. The summed E-state index contributed by atoms with van der Waals surface area (Å²) in [5.41, 5.74) is 11.5. The summed E-state index contributed by atoms with van der Waals surface area (Å²) in [6.07, 6.45) is 3.93. The summed E-state index contributed by atoms with van der Waals surface area (Å²) in [6, 6.07) is 39.1. The van der Waals surface area contributed by atoms with Crippen LogP contribution in [0.4, 0.5) is 17.1 Å². The Morgan fingerprint density at radius 1 is 0.800 bits per heavy atom. The maximum absolute atomic E-state index is 4.60. The van der Waals surface area contributed by atoms with Crippen LogP contribution in [0.3, 0.4) is 0 Å². The number of fused-ring (bicyclic) bond motifs is 6. The number of hydrogen-bond acceptors (Lipinski definition) is 4. The average molecular weight is 850 g/mol. The molecule has 2 aliphatic rings. The van der Waals surface area contributed by atoms with E-state index < -0.39 is 0 Å². The third-order valence-electron chi connectivity index (χ3n) is 10.1. The van der Waals surface area contributed by atoms with Gasteiger partial charge in [0.2, 0.25) is 0 Å². The Labute approximate surface area is 313 Å². The molecule has 0 bridgehead atoms. The molecule has 0 N–H and O–H groups in total. The monoisotopic (exact) mass is 850 g/mol. The fraction of sp³-hybridized carbons (Fsp3) is 0.227. The summed E-state index contributed by atoms with van der Waals surface area (Å²) in [7, 11) is 2.12. The van der Waals surface area contributed by atoms with Crippen molar-refractivity contribution in [3.8, 4) is 17.1 Å². The van der Waals surface area contributed by atoms with E-state index >= 15 is 0 Å². The van der Waals surface area contributed by atoms with E-state index in [9.17, 15) is 0 Å². The fourth-order valence-corrected chi connectivity index (χ4v) is 9.05. The molecule has 0 aliphatic carbocycles. The number of aromatic nitrogens is 2. The maximum atomic E-state index is 4.60. The van der Waals surface area contributed by atoms with E-state index in [2.05, 4.69) is 166 Å². The van der Waals surface area contributed by atoms with E-state index in [1.54, 1.807) is 0 Å². The Bertz CT molecular complexity index is 2310. The van der Waals surface area contributed by atoms with Crippen molar-refractivity contribution in [1.29, 1.82) is 0 Å². The van der Waals surface area contributed by atoms with Gasteiger partial charge in [-0.3, -0.25) is 4.98 Å². The van der Waals surface area contributed by atoms with Crippen molar-refractivity contribution in [2.24, 2.45) is 0 Å². The summed E-state index contributed by atoms with van der Waals surface area (Å²) in [4.78, 5) is 9.14. The number of benzene rings is 5. The molecule has 0 atom stereocenters. The van der Waals surface area contributed by atoms with Crippen molar-refractivity contribution in [2.45, 2.75) is 58.8 Å². The van der Waals surface area contributed by atoms with Crippen molar-refractivity contribution < 1.29 is 20.1 Å². The zero-order valence-corrected chi connectivity index (χ0v) is 32.8.